The van der Waals surface area contributed by atoms with E-state index in [1.807, 2.05) is 0 Å². The van der Waals surface area contributed by atoms with Gasteiger partial charge in [0.1, 0.15) is 0 Å². The van der Waals surface area contributed by atoms with Gasteiger partial charge in [0.25, 0.3) is 0 Å². The fourth-order valence-corrected chi connectivity index (χ4v) is 2.99. The van der Waals surface area contributed by atoms with E-state index in [4.69, 9.17) is 0 Å². The highest BCUT2D eigenvalue weighted by molar-refractivity contribution is 4.89. The summed E-state index contributed by atoms with van der Waals surface area (Å²) in [6, 6.07) is 0. The normalized spacial score (nSPS) is 34.0. The molecule has 1 heterocycles. The second kappa shape index (κ2) is 4.84. The van der Waals surface area contributed by atoms with Gasteiger partial charge in [0.05, 0.1) is 0 Å². The Balaban J connectivity index is 1.65. The van der Waals surface area contributed by atoms with Crippen LogP contribution in [0.2, 0.25) is 0 Å². The molecular formula is C13H26N2. The van der Waals surface area contributed by atoms with E-state index in [1.54, 1.807) is 0 Å². The molecule has 2 nitrogen and oxygen atoms in total. The highest BCUT2D eigenvalue weighted by atomic mass is 15.0. The van der Waals surface area contributed by atoms with E-state index < -0.39 is 0 Å². The first-order chi connectivity index (χ1) is 7.26. The van der Waals surface area contributed by atoms with Crippen LogP contribution in [0.3, 0.4) is 0 Å². The minimum atomic E-state index is 0.676. The summed E-state index contributed by atoms with van der Waals surface area (Å²) in [6.45, 7) is 9.62. The zero-order valence-corrected chi connectivity index (χ0v) is 10.3. The van der Waals surface area contributed by atoms with Crippen molar-refractivity contribution >= 4 is 0 Å². The van der Waals surface area contributed by atoms with E-state index >= 15 is 0 Å². The Morgan fingerprint density at radius 3 is 2.60 bits per heavy atom. The minimum Gasteiger partial charge on any atom is -0.316 e. The van der Waals surface area contributed by atoms with Gasteiger partial charge < -0.3 is 10.6 Å². The molecule has 2 heteroatoms. The highest BCUT2D eigenvalue weighted by Crippen LogP contribution is 2.43. The maximum Gasteiger partial charge on any atom is 0.000783 e. The van der Waals surface area contributed by atoms with Crippen molar-refractivity contribution in [3.63, 3.8) is 0 Å². The lowest BCUT2D eigenvalue weighted by atomic mass is 9.67. The third kappa shape index (κ3) is 2.54. The molecule has 0 radical (unpaired) electrons. The zero-order chi connectivity index (χ0) is 10.7. The van der Waals surface area contributed by atoms with Crippen LogP contribution in [0.25, 0.3) is 0 Å². The molecule has 1 aliphatic heterocycles. The Kier molecular flexibility index (Phi) is 3.68. The molecule has 0 spiro atoms. The lowest BCUT2D eigenvalue weighted by Gasteiger charge is -2.41. The van der Waals surface area contributed by atoms with E-state index in [1.165, 1.54) is 51.9 Å². The van der Waals surface area contributed by atoms with Gasteiger partial charge in [0.15, 0.2) is 0 Å². The van der Waals surface area contributed by atoms with Crippen molar-refractivity contribution in [3.05, 3.63) is 0 Å². The Hall–Kier alpha value is -0.0800. The zero-order valence-electron chi connectivity index (χ0n) is 10.3. The van der Waals surface area contributed by atoms with Gasteiger partial charge in [0, 0.05) is 6.54 Å². The fraction of sp³-hybridized carbons (Fsp3) is 1.00. The second-order valence-electron chi connectivity index (χ2n) is 5.73. The smallest absolute Gasteiger partial charge is 0.000783 e. The molecule has 1 aliphatic carbocycles. The molecule has 1 saturated carbocycles. The molecule has 0 aromatic heterocycles. The average molecular weight is 210 g/mol. The van der Waals surface area contributed by atoms with Gasteiger partial charge in [-0.2, -0.15) is 0 Å². The van der Waals surface area contributed by atoms with Crippen molar-refractivity contribution in [1.82, 2.24) is 10.6 Å². The molecule has 88 valence electrons. The summed E-state index contributed by atoms with van der Waals surface area (Å²) < 4.78 is 0. The topological polar surface area (TPSA) is 24.1 Å². The monoisotopic (exact) mass is 210 g/mol. The Morgan fingerprint density at radius 2 is 2.13 bits per heavy atom. The first kappa shape index (κ1) is 11.4. The van der Waals surface area contributed by atoms with Crippen molar-refractivity contribution in [2.75, 3.05) is 26.2 Å². The molecule has 2 atom stereocenters. The van der Waals surface area contributed by atoms with Gasteiger partial charge in [-0.1, -0.05) is 20.3 Å². The molecule has 2 fully saturated rings. The number of rotatable bonds is 5. The second-order valence-corrected chi connectivity index (χ2v) is 5.73. The quantitative estimate of drug-likeness (QED) is 0.725. The fourth-order valence-electron chi connectivity index (χ4n) is 2.99. The van der Waals surface area contributed by atoms with Crippen LogP contribution in [0.5, 0.6) is 0 Å². The van der Waals surface area contributed by atoms with Crippen LogP contribution in [-0.4, -0.2) is 26.2 Å². The Bertz CT molecular complexity index is 193. The highest BCUT2D eigenvalue weighted by Gasteiger charge is 2.34. The molecule has 2 rings (SSSR count). The van der Waals surface area contributed by atoms with Crippen LogP contribution in [0, 0.1) is 17.3 Å². The lowest BCUT2D eigenvalue weighted by Crippen LogP contribution is -2.41. The minimum absolute atomic E-state index is 0.676. The molecule has 0 unspecified atom stereocenters. The van der Waals surface area contributed by atoms with Gasteiger partial charge >= 0.3 is 0 Å². The SMILES string of the molecule is CCC1(CNC[C@@H]2CNC[C@H]2C)CCC1. The summed E-state index contributed by atoms with van der Waals surface area (Å²) in [6.07, 6.45) is 5.72. The summed E-state index contributed by atoms with van der Waals surface area (Å²) in [7, 11) is 0. The molecule has 0 aromatic carbocycles. The van der Waals surface area contributed by atoms with Crippen LogP contribution in [0.15, 0.2) is 0 Å². The van der Waals surface area contributed by atoms with Crippen molar-refractivity contribution in [2.24, 2.45) is 17.3 Å². The van der Waals surface area contributed by atoms with Crippen LogP contribution in [0.4, 0.5) is 0 Å². The lowest BCUT2D eigenvalue weighted by molar-refractivity contribution is 0.122. The van der Waals surface area contributed by atoms with Gasteiger partial charge in [-0.3, -0.25) is 0 Å². The Labute approximate surface area is 94.2 Å². The maximum atomic E-state index is 3.71. The van der Waals surface area contributed by atoms with Crippen LogP contribution in [-0.2, 0) is 0 Å². The van der Waals surface area contributed by atoms with Crippen molar-refractivity contribution in [3.8, 4) is 0 Å². The molecule has 0 bridgehead atoms. The van der Waals surface area contributed by atoms with Gasteiger partial charge in [0.2, 0.25) is 0 Å². The number of hydrogen-bond acceptors (Lipinski definition) is 2. The summed E-state index contributed by atoms with van der Waals surface area (Å²) in [5.74, 6) is 1.72. The van der Waals surface area contributed by atoms with Crippen LogP contribution < -0.4 is 10.6 Å². The maximum absolute atomic E-state index is 3.71. The first-order valence-corrected chi connectivity index (χ1v) is 6.67. The van der Waals surface area contributed by atoms with Crippen molar-refractivity contribution < 1.29 is 0 Å². The van der Waals surface area contributed by atoms with Gasteiger partial charge in [-0.05, 0) is 56.1 Å². The average Bonchev–Trinajstić information content (AvgIpc) is 2.57. The molecule has 2 aliphatic rings. The van der Waals surface area contributed by atoms with Crippen molar-refractivity contribution in [2.45, 2.75) is 39.5 Å². The van der Waals surface area contributed by atoms with E-state index in [0.717, 1.165) is 11.8 Å². The van der Waals surface area contributed by atoms with Crippen LogP contribution >= 0.6 is 0 Å². The third-order valence-electron chi connectivity index (χ3n) is 4.75. The molecule has 15 heavy (non-hydrogen) atoms. The third-order valence-corrected chi connectivity index (χ3v) is 4.75. The summed E-state index contributed by atoms with van der Waals surface area (Å²) >= 11 is 0. The summed E-state index contributed by atoms with van der Waals surface area (Å²) in [4.78, 5) is 0. The standard InChI is InChI=1S/C13H26N2/c1-3-13(5-4-6-13)10-15-9-12-8-14-7-11(12)2/h11-12,14-15H,3-10H2,1-2H3/t11-,12+/m1/s1. The van der Waals surface area contributed by atoms with Gasteiger partial charge in [-0.15, -0.1) is 0 Å². The largest absolute Gasteiger partial charge is 0.316 e. The molecule has 1 saturated heterocycles. The van der Waals surface area contributed by atoms with E-state index in [-0.39, 0.29) is 0 Å². The predicted molar refractivity (Wildman–Crippen MR) is 65.0 cm³/mol. The molecule has 0 aromatic rings. The molecule has 0 amide bonds. The van der Waals surface area contributed by atoms with Gasteiger partial charge in [-0.25, -0.2) is 0 Å². The van der Waals surface area contributed by atoms with Crippen molar-refractivity contribution in [1.29, 1.82) is 0 Å². The number of nitrogens with one attached hydrogen (secondary N) is 2. The van der Waals surface area contributed by atoms with E-state index in [0.29, 0.717) is 5.41 Å². The summed E-state index contributed by atoms with van der Waals surface area (Å²) in [5.41, 5.74) is 0.676. The first-order valence-electron chi connectivity index (χ1n) is 6.67. The Morgan fingerprint density at radius 1 is 1.33 bits per heavy atom. The van der Waals surface area contributed by atoms with E-state index in [9.17, 15) is 0 Å². The molecule has 2 N–H and O–H groups in total. The summed E-state index contributed by atoms with van der Waals surface area (Å²) in [5, 5.41) is 7.18. The number of hydrogen-bond donors (Lipinski definition) is 2. The van der Waals surface area contributed by atoms with E-state index in [2.05, 4.69) is 24.5 Å². The molecular weight excluding hydrogens is 184 g/mol. The van der Waals surface area contributed by atoms with Crippen LogP contribution in [0.1, 0.15) is 39.5 Å². The predicted octanol–water partition coefficient (Wildman–Crippen LogP) is 2.01.